The zero-order chi connectivity index (χ0) is 37.7. The van der Waals surface area contributed by atoms with Gasteiger partial charge in [-0.25, -0.2) is 4.57 Å². The van der Waals surface area contributed by atoms with Gasteiger partial charge in [-0.05, 0) is 38.5 Å². The number of carbonyl (C=O) groups is 1. The zero-order valence-corrected chi connectivity index (χ0v) is 35.0. The molecule has 0 bridgehead atoms. The van der Waals surface area contributed by atoms with Crippen molar-refractivity contribution in [2.45, 2.75) is 187 Å². The maximum Gasteiger partial charge on any atom is 0.472 e. The van der Waals surface area contributed by atoms with Crippen LogP contribution in [0.1, 0.15) is 181 Å². The average Bonchev–Trinajstić information content (AvgIpc) is 3.08. The molecule has 0 saturated heterocycles. The summed E-state index contributed by atoms with van der Waals surface area (Å²) < 4.78 is 34.9. The number of allylic oxidation sites excluding steroid dienone is 4. The molecule has 1 N–H and O–H groups in total. The highest BCUT2D eigenvalue weighted by atomic mass is 31.2. The molecule has 0 aliphatic heterocycles. The molecule has 0 radical (unpaired) electrons. The number of unbranched alkanes of at least 4 members (excludes halogenated alkanes) is 21. The summed E-state index contributed by atoms with van der Waals surface area (Å²) in [6.07, 6.45) is 39.1. The van der Waals surface area contributed by atoms with Crippen molar-refractivity contribution in [1.29, 1.82) is 0 Å². The molecule has 0 spiro atoms. The number of hydrogen-bond acceptors (Lipinski definition) is 6. The van der Waals surface area contributed by atoms with Gasteiger partial charge in [-0.15, -0.1) is 0 Å². The molecule has 0 saturated carbocycles. The summed E-state index contributed by atoms with van der Waals surface area (Å²) in [5.41, 5.74) is 0. The van der Waals surface area contributed by atoms with Crippen LogP contribution in [0.3, 0.4) is 0 Å². The van der Waals surface area contributed by atoms with E-state index in [2.05, 4.69) is 38.2 Å². The van der Waals surface area contributed by atoms with Gasteiger partial charge in [0.2, 0.25) is 0 Å². The predicted molar refractivity (Wildman–Crippen MR) is 215 cm³/mol. The van der Waals surface area contributed by atoms with Crippen LogP contribution in [0.15, 0.2) is 24.3 Å². The number of likely N-dealkylation sites (N-methyl/N-ethyl adjacent to an activating group) is 1. The largest absolute Gasteiger partial charge is 0.472 e. The highest BCUT2D eigenvalue weighted by Crippen LogP contribution is 2.43. The lowest BCUT2D eigenvalue weighted by Gasteiger charge is -2.24. The SMILES string of the molecule is CCCC/C=C\C/C=C\CCCCCCCCOCC(COP(=O)(O)OCC[N+](C)(C)C)OC(=O)CCCCCCCCCCCCCCCC. The van der Waals surface area contributed by atoms with Crippen molar-refractivity contribution in [2.75, 3.05) is 54.1 Å². The van der Waals surface area contributed by atoms with Crippen molar-refractivity contribution in [2.24, 2.45) is 0 Å². The molecule has 0 rings (SSSR count). The van der Waals surface area contributed by atoms with Crippen molar-refractivity contribution in [3.63, 3.8) is 0 Å². The lowest BCUT2D eigenvalue weighted by atomic mass is 10.0. The van der Waals surface area contributed by atoms with Gasteiger partial charge in [0, 0.05) is 13.0 Å². The molecule has 0 amide bonds. The molecule has 0 aromatic carbocycles. The Kier molecular flexibility index (Phi) is 35.3. The van der Waals surface area contributed by atoms with Crippen LogP contribution >= 0.6 is 7.82 Å². The second-order valence-corrected chi connectivity index (χ2v) is 16.8. The maximum absolute atomic E-state index is 12.7. The molecule has 0 aromatic heterocycles. The van der Waals surface area contributed by atoms with Gasteiger partial charge in [0.1, 0.15) is 19.3 Å². The first-order valence-corrected chi connectivity index (χ1v) is 22.6. The first kappa shape index (κ1) is 50.0. The number of rotatable bonds is 39. The van der Waals surface area contributed by atoms with E-state index in [0.29, 0.717) is 24.1 Å². The molecule has 2 atom stereocenters. The quantitative estimate of drug-likeness (QED) is 0.0220. The minimum Gasteiger partial charge on any atom is -0.457 e. The van der Waals surface area contributed by atoms with Crippen LogP contribution in [-0.2, 0) is 27.9 Å². The second-order valence-electron chi connectivity index (χ2n) is 15.4. The molecule has 0 aliphatic carbocycles. The summed E-state index contributed by atoms with van der Waals surface area (Å²) in [5, 5.41) is 0. The van der Waals surface area contributed by atoms with E-state index in [1.54, 1.807) is 0 Å². The lowest BCUT2D eigenvalue weighted by Crippen LogP contribution is -2.37. The fraction of sp³-hybridized carbons (Fsp3) is 0.881. The summed E-state index contributed by atoms with van der Waals surface area (Å²) in [5.74, 6) is -0.317. The number of phosphoric ester groups is 1. The van der Waals surface area contributed by atoms with Gasteiger partial charge in [0.15, 0.2) is 0 Å². The highest BCUT2D eigenvalue weighted by Gasteiger charge is 2.26. The molecule has 0 aromatic rings. The Labute approximate surface area is 315 Å². The maximum atomic E-state index is 12.7. The van der Waals surface area contributed by atoms with Gasteiger partial charge in [0.25, 0.3) is 0 Å². The van der Waals surface area contributed by atoms with Crippen LogP contribution in [0.2, 0.25) is 0 Å². The summed E-state index contributed by atoms with van der Waals surface area (Å²) in [4.78, 5) is 22.8. The number of nitrogens with zero attached hydrogens (tertiary/aromatic N) is 1. The summed E-state index contributed by atoms with van der Waals surface area (Å²) in [7, 11) is 1.66. The predicted octanol–water partition coefficient (Wildman–Crippen LogP) is 12.0. The topological polar surface area (TPSA) is 91.3 Å². The van der Waals surface area contributed by atoms with Crippen LogP contribution in [-0.4, -0.2) is 75.6 Å². The van der Waals surface area contributed by atoms with Gasteiger partial charge in [-0.2, -0.15) is 0 Å². The van der Waals surface area contributed by atoms with E-state index >= 15 is 0 Å². The smallest absolute Gasteiger partial charge is 0.457 e. The van der Waals surface area contributed by atoms with Crippen molar-refractivity contribution in [1.82, 2.24) is 0 Å². The van der Waals surface area contributed by atoms with E-state index in [1.807, 2.05) is 21.1 Å². The Morgan fingerprint density at radius 2 is 1.10 bits per heavy atom. The van der Waals surface area contributed by atoms with Gasteiger partial charge >= 0.3 is 13.8 Å². The minimum absolute atomic E-state index is 0.0881. The molecule has 0 heterocycles. The van der Waals surface area contributed by atoms with Crippen LogP contribution < -0.4 is 0 Å². The fourth-order valence-electron chi connectivity index (χ4n) is 5.69. The Bertz CT molecular complexity index is 874. The minimum atomic E-state index is -4.27. The van der Waals surface area contributed by atoms with Crippen LogP contribution in [0.25, 0.3) is 0 Å². The van der Waals surface area contributed by atoms with Crippen LogP contribution in [0, 0.1) is 0 Å². The first-order chi connectivity index (χ1) is 24.6. The van der Waals surface area contributed by atoms with Gasteiger partial charge in [-0.3, -0.25) is 13.8 Å². The molecule has 2 unspecified atom stereocenters. The van der Waals surface area contributed by atoms with Gasteiger partial charge < -0.3 is 18.9 Å². The third kappa shape index (κ3) is 40.0. The van der Waals surface area contributed by atoms with Crippen molar-refractivity contribution < 1.29 is 37.3 Å². The Morgan fingerprint density at radius 3 is 1.65 bits per heavy atom. The first-order valence-electron chi connectivity index (χ1n) is 21.1. The van der Waals surface area contributed by atoms with E-state index in [9.17, 15) is 14.3 Å². The third-order valence-electron chi connectivity index (χ3n) is 9.02. The molecule has 51 heavy (non-hydrogen) atoms. The molecule has 8 nitrogen and oxygen atoms in total. The molecule has 0 fully saturated rings. The average molecular weight is 745 g/mol. The second kappa shape index (κ2) is 36.0. The van der Waals surface area contributed by atoms with E-state index in [-0.39, 0.29) is 25.8 Å². The van der Waals surface area contributed by atoms with E-state index < -0.39 is 13.9 Å². The summed E-state index contributed by atoms with van der Waals surface area (Å²) >= 11 is 0. The number of carbonyl (C=O) groups excluding carboxylic acids is 1. The Balaban J connectivity index is 4.26. The van der Waals surface area contributed by atoms with Crippen LogP contribution in [0.4, 0.5) is 0 Å². The van der Waals surface area contributed by atoms with E-state index in [4.69, 9.17) is 18.5 Å². The number of ether oxygens (including phenoxy) is 2. The zero-order valence-electron chi connectivity index (χ0n) is 34.1. The molecule has 0 aliphatic rings. The van der Waals surface area contributed by atoms with Gasteiger partial charge in [-0.1, -0.05) is 160 Å². The fourth-order valence-corrected chi connectivity index (χ4v) is 6.43. The Hall–Kier alpha value is -1.02. The molecule has 9 heteroatoms. The van der Waals surface area contributed by atoms with Crippen molar-refractivity contribution in [3.05, 3.63) is 24.3 Å². The number of quaternary nitrogens is 1. The van der Waals surface area contributed by atoms with E-state index in [1.165, 1.54) is 116 Å². The lowest BCUT2D eigenvalue weighted by molar-refractivity contribution is -0.870. The highest BCUT2D eigenvalue weighted by molar-refractivity contribution is 7.47. The summed E-state index contributed by atoms with van der Waals surface area (Å²) in [6, 6.07) is 0. The standard InChI is InChI=1S/C42H82NO7P/c1-6-8-10-12-14-16-18-20-22-24-26-28-30-32-34-37-47-39-41(40-49-51(45,46)48-38-36-43(3,4)5)50-42(44)35-33-31-29-27-25-23-21-19-17-15-13-11-9-7-2/h12,14,18,20,41H,6-11,13,15-17,19,21-40H2,1-5H3/p+1/b14-12-,20-18-. The van der Waals surface area contributed by atoms with E-state index in [0.717, 1.165) is 44.9 Å². The molecular formula is C42H83NO7P+. The normalized spacial score (nSPS) is 14.1. The van der Waals surface area contributed by atoms with Crippen molar-refractivity contribution >= 4 is 13.8 Å². The monoisotopic (exact) mass is 745 g/mol. The number of hydrogen-bond donors (Lipinski definition) is 1. The third-order valence-corrected chi connectivity index (χ3v) is 10.00. The summed E-state index contributed by atoms with van der Waals surface area (Å²) in [6.45, 7) is 5.57. The van der Waals surface area contributed by atoms with Gasteiger partial charge in [0.05, 0.1) is 34.4 Å². The van der Waals surface area contributed by atoms with Crippen molar-refractivity contribution in [3.8, 4) is 0 Å². The molecular weight excluding hydrogens is 661 g/mol. The number of phosphoric acid groups is 1. The Morgan fingerprint density at radius 1 is 0.608 bits per heavy atom. The number of esters is 1. The van der Waals surface area contributed by atoms with Crippen LogP contribution in [0.5, 0.6) is 0 Å². The molecule has 302 valence electrons.